The van der Waals surface area contributed by atoms with Crippen LogP contribution in [0.3, 0.4) is 0 Å². The van der Waals surface area contributed by atoms with Gasteiger partial charge in [0.1, 0.15) is 11.5 Å². The van der Waals surface area contributed by atoms with Crippen LogP contribution in [0.25, 0.3) is 11.0 Å². The van der Waals surface area contributed by atoms with Gasteiger partial charge in [-0.2, -0.15) is 9.97 Å². The summed E-state index contributed by atoms with van der Waals surface area (Å²) < 4.78 is 5.06. The van der Waals surface area contributed by atoms with Crippen LogP contribution in [0.5, 0.6) is 0 Å². The minimum absolute atomic E-state index is 0.451. The number of rotatable bonds is 7. The van der Waals surface area contributed by atoms with E-state index in [9.17, 15) is 0 Å². The molecular formula is C16H19N7O. The molecule has 24 heavy (non-hydrogen) atoms. The molecule has 6 N–H and O–H groups in total. The van der Waals surface area contributed by atoms with Crippen LogP contribution in [-0.4, -0.2) is 41.4 Å². The van der Waals surface area contributed by atoms with E-state index in [0.717, 1.165) is 22.5 Å². The van der Waals surface area contributed by atoms with Gasteiger partial charge >= 0.3 is 0 Å². The Bertz CT molecular complexity index is 859. The standard InChI is InChI=1S/C16H19N7O/c1-24-7-6-20-15-12-4-5-19-14(12)22-16(23-15)21-11-3-2-10(9-17)13(18)8-11/h2-5,8-9,17H,6-7,18H2,1H3,(H3,19,20,21,22,23). The summed E-state index contributed by atoms with van der Waals surface area (Å²) in [6.07, 6.45) is 3.04. The van der Waals surface area contributed by atoms with Crippen molar-refractivity contribution in [3.63, 3.8) is 0 Å². The van der Waals surface area contributed by atoms with Gasteiger partial charge < -0.3 is 31.5 Å². The molecule has 0 aliphatic rings. The van der Waals surface area contributed by atoms with Gasteiger partial charge in [-0.25, -0.2) is 0 Å². The summed E-state index contributed by atoms with van der Waals surface area (Å²) in [5.41, 5.74) is 8.59. The molecule has 8 heteroatoms. The molecule has 124 valence electrons. The lowest BCUT2D eigenvalue weighted by molar-refractivity contribution is 0.210. The Kier molecular flexibility index (Phi) is 4.57. The monoisotopic (exact) mass is 325 g/mol. The molecule has 2 heterocycles. The van der Waals surface area contributed by atoms with Crippen molar-refractivity contribution in [1.82, 2.24) is 15.0 Å². The summed E-state index contributed by atoms with van der Waals surface area (Å²) in [6, 6.07) is 7.28. The van der Waals surface area contributed by atoms with Gasteiger partial charge in [-0.05, 0) is 24.3 Å². The smallest absolute Gasteiger partial charge is 0.231 e. The Balaban J connectivity index is 1.88. The lowest BCUT2D eigenvalue weighted by atomic mass is 10.2. The summed E-state index contributed by atoms with van der Waals surface area (Å²) >= 11 is 0. The van der Waals surface area contributed by atoms with Crippen LogP contribution in [0.1, 0.15) is 5.56 Å². The number of aromatic nitrogens is 3. The molecule has 3 rings (SSSR count). The summed E-state index contributed by atoms with van der Waals surface area (Å²) in [4.78, 5) is 12.1. The predicted molar refractivity (Wildman–Crippen MR) is 96.3 cm³/mol. The number of anilines is 4. The number of nitrogens with zero attached hydrogens (tertiary/aromatic N) is 2. The molecule has 0 aliphatic carbocycles. The molecule has 1 aromatic carbocycles. The van der Waals surface area contributed by atoms with Crippen LogP contribution < -0.4 is 16.4 Å². The average Bonchev–Trinajstić information content (AvgIpc) is 3.04. The lowest BCUT2D eigenvalue weighted by Crippen LogP contribution is -2.10. The van der Waals surface area contributed by atoms with Crippen molar-refractivity contribution in [3.05, 3.63) is 36.0 Å². The maximum absolute atomic E-state index is 7.28. The quantitative estimate of drug-likeness (QED) is 0.258. The van der Waals surface area contributed by atoms with E-state index in [4.69, 9.17) is 15.9 Å². The van der Waals surface area contributed by atoms with Crippen molar-refractivity contribution in [2.75, 3.05) is 36.6 Å². The number of aromatic amines is 1. The second kappa shape index (κ2) is 6.97. The molecule has 0 fully saturated rings. The number of nitrogens with two attached hydrogens (primary N) is 1. The molecule has 0 unspecified atom stereocenters. The summed E-state index contributed by atoms with van der Waals surface area (Å²) in [7, 11) is 1.66. The van der Waals surface area contributed by atoms with Crippen molar-refractivity contribution in [1.29, 1.82) is 5.41 Å². The maximum atomic E-state index is 7.28. The number of nitrogens with one attached hydrogen (secondary N) is 4. The van der Waals surface area contributed by atoms with Gasteiger partial charge in [0.05, 0.1) is 12.0 Å². The Labute approximate surface area is 139 Å². The Morgan fingerprint density at radius 2 is 2.21 bits per heavy atom. The number of hydrogen-bond donors (Lipinski definition) is 5. The largest absolute Gasteiger partial charge is 0.398 e. The zero-order chi connectivity index (χ0) is 16.9. The van der Waals surface area contributed by atoms with Crippen molar-refractivity contribution in [3.8, 4) is 0 Å². The highest BCUT2D eigenvalue weighted by Crippen LogP contribution is 2.24. The first-order valence-corrected chi connectivity index (χ1v) is 7.46. The van der Waals surface area contributed by atoms with Gasteiger partial charge in [-0.1, -0.05) is 0 Å². The third-order valence-corrected chi connectivity index (χ3v) is 3.51. The van der Waals surface area contributed by atoms with E-state index >= 15 is 0 Å². The fraction of sp³-hybridized carbons (Fsp3) is 0.188. The summed E-state index contributed by atoms with van der Waals surface area (Å²) in [5, 5.41) is 14.6. The van der Waals surface area contributed by atoms with Crippen LogP contribution in [-0.2, 0) is 4.74 Å². The van der Waals surface area contributed by atoms with E-state index in [1.54, 1.807) is 19.2 Å². The first kappa shape index (κ1) is 15.8. The van der Waals surface area contributed by atoms with E-state index in [0.29, 0.717) is 30.4 Å². The zero-order valence-electron chi connectivity index (χ0n) is 13.3. The minimum Gasteiger partial charge on any atom is -0.398 e. The first-order chi connectivity index (χ1) is 11.7. The number of hydrogen-bond acceptors (Lipinski definition) is 7. The molecule has 2 aromatic heterocycles. The first-order valence-electron chi connectivity index (χ1n) is 7.46. The number of methoxy groups -OCH3 is 1. The van der Waals surface area contributed by atoms with E-state index in [2.05, 4.69) is 25.6 Å². The number of ether oxygens (including phenoxy) is 1. The van der Waals surface area contributed by atoms with Crippen LogP contribution in [0, 0.1) is 5.41 Å². The van der Waals surface area contributed by atoms with Crippen LogP contribution in [0.4, 0.5) is 23.1 Å². The Morgan fingerprint density at radius 3 is 2.96 bits per heavy atom. The third-order valence-electron chi connectivity index (χ3n) is 3.51. The van der Waals surface area contributed by atoms with E-state index < -0.39 is 0 Å². The van der Waals surface area contributed by atoms with Gasteiger partial charge in [0.25, 0.3) is 0 Å². The highest BCUT2D eigenvalue weighted by atomic mass is 16.5. The van der Waals surface area contributed by atoms with Crippen LogP contribution >= 0.6 is 0 Å². The van der Waals surface area contributed by atoms with Crippen molar-refractivity contribution in [2.45, 2.75) is 0 Å². The molecule has 0 bridgehead atoms. The minimum atomic E-state index is 0.451. The van der Waals surface area contributed by atoms with Gasteiger partial charge in [-0.3, -0.25) is 0 Å². The van der Waals surface area contributed by atoms with Gasteiger partial charge in [0.2, 0.25) is 5.95 Å². The van der Waals surface area contributed by atoms with Crippen LogP contribution in [0.15, 0.2) is 30.5 Å². The third kappa shape index (κ3) is 3.28. The predicted octanol–water partition coefficient (Wildman–Crippen LogP) is 2.34. The molecule has 0 aliphatic heterocycles. The second-order valence-corrected chi connectivity index (χ2v) is 5.17. The summed E-state index contributed by atoms with van der Waals surface area (Å²) in [5.74, 6) is 1.18. The second-order valence-electron chi connectivity index (χ2n) is 5.17. The fourth-order valence-corrected chi connectivity index (χ4v) is 2.32. The maximum Gasteiger partial charge on any atom is 0.231 e. The molecular weight excluding hydrogens is 306 g/mol. The molecule has 3 aromatic rings. The SMILES string of the molecule is COCCNc1nc(Nc2ccc(C=N)c(N)c2)nc2[nH]ccc12. The molecule has 0 spiro atoms. The Morgan fingerprint density at radius 1 is 1.33 bits per heavy atom. The topological polar surface area (TPSA) is 125 Å². The van der Waals surface area contributed by atoms with Gasteiger partial charge in [0, 0.05) is 43.0 Å². The van der Waals surface area contributed by atoms with E-state index in [1.165, 1.54) is 6.21 Å². The molecule has 0 atom stereocenters. The number of H-pyrrole nitrogens is 1. The van der Waals surface area contributed by atoms with Crippen molar-refractivity contribution < 1.29 is 4.74 Å². The van der Waals surface area contributed by atoms with Crippen molar-refractivity contribution >= 4 is 40.4 Å². The highest BCUT2D eigenvalue weighted by molar-refractivity contribution is 5.89. The van der Waals surface area contributed by atoms with Crippen molar-refractivity contribution in [2.24, 2.45) is 0 Å². The zero-order valence-corrected chi connectivity index (χ0v) is 13.3. The normalized spacial score (nSPS) is 10.7. The molecule has 0 saturated carbocycles. The summed E-state index contributed by atoms with van der Waals surface area (Å²) in [6.45, 7) is 1.23. The van der Waals surface area contributed by atoms with Gasteiger partial charge in [0.15, 0.2) is 0 Å². The highest BCUT2D eigenvalue weighted by Gasteiger charge is 2.09. The Hall–Kier alpha value is -3.13. The fourth-order valence-electron chi connectivity index (χ4n) is 2.32. The number of fused-ring (bicyclic) bond motifs is 1. The molecule has 0 radical (unpaired) electrons. The average molecular weight is 325 g/mol. The van der Waals surface area contributed by atoms with E-state index in [-0.39, 0.29) is 0 Å². The number of nitrogen functional groups attached to an aromatic ring is 1. The van der Waals surface area contributed by atoms with E-state index in [1.807, 2.05) is 18.3 Å². The number of benzene rings is 1. The van der Waals surface area contributed by atoms with Gasteiger partial charge in [-0.15, -0.1) is 0 Å². The molecule has 8 nitrogen and oxygen atoms in total. The lowest BCUT2D eigenvalue weighted by Gasteiger charge is -2.10. The molecule has 0 saturated heterocycles. The molecule has 0 amide bonds. The van der Waals surface area contributed by atoms with Crippen LogP contribution in [0.2, 0.25) is 0 Å².